The van der Waals surface area contributed by atoms with E-state index >= 15 is 0 Å². The number of alkyl halides is 1. The van der Waals surface area contributed by atoms with Gasteiger partial charge in [-0.1, -0.05) is 13.8 Å². The van der Waals surface area contributed by atoms with Crippen molar-refractivity contribution in [2.45, 2.75) is 89.2 Å². The highest BCUT2D eigenvalue weighted by atomic mass is 35.5. The topological polar surface area (TPSA) is 57.5 Å². The van der Waals surface area contributed by atoms with Crippen molar-refractivity contribution in [3.8, 4) is 0 Å². The fourth-order valence-electron chi connectivity index (χ4n) is 7.84. The van der Waals surface area contributed by atoms with Gasteiger partial charge in [-0.3, -0.25) is 4.79 Å². The van der Waals surface area contributed by atoms with Gasteiger partial charge in [0, 0.05) is 5.41 Å². The maximum atomic E-state index is 12.4. The lowest BCUT2D eigenvalue weighted by atomic mass is 9.44. The number of aliphatic hydroxyl groups is 2. The number of aliphatic hydroxyl groups excluding tert-OH is 1. The molecule has 4 fully saturated rings. The van der Waals surface area contributed by atoms with Crippen LogP contribution in [0.25, 0.3) is 0 Å². The molecule has 0 radical (unpaired) electrons. The minimum absolute atomic E-state index is 0.120. The van der Waals surface area contributed by atoms with Crippen LogP contribution in [0.3, 0.4) is 0 Å². The van der Waals surface area contributed by atoms with Crippen molar-refractivity contribution in [3.05, 3.63) is 0 Å². The summed E-state index contributed by atoms with van der Waals surface area (Å²) >= 11 is 6.60. The smallest absolute Gasteiger partial charge is 0.163 e. The van der Waals surface area contributed by atoms with Crippen molar-refractivity contribution < 1.29 is 15.0 Å². The van der Waals surface area contributed by atoms with Crippen molar-refractivity contribution in [1.29, 1.82) is 0 Å². The normalized spacial score (nSPS) is 58.2. The molecule has 0 saturated heterocycles. The van der Waals surface area contributed by atoms with Crippen LogP contribution in [0.2, 0.25) is 0 Å². The molecule has 4 saturated carbocycles. The van der Waals surface area contributed by atoms with Crippen LogP contribution in [0.4, 0.5) is 0 Å². The molecule has 4 aliphatic rings. The van der Waals surface area contributed by atoms with Gasteiger partial charge in [0.2, 0.25) is 0 Å². The first kappa shape index (κ1) is 18.3. The standard InChI is InChI=1S/C21H33ClO3/c1-12(23)21(25)18(22)11-17-15-5-4-13-10-14(24)6-8-19(13,2)16(15)7-9-20(17,21)3/h13-18,24-25H,4-11H2,1-3H3/t13-,14+,15+,16-,17-,18?,19-,20-,21+/m0/s1. The number of rotatable bonds is 1. The molecule has 0 aromatic carbocycles. The highest BCUT2D eigenvalue weighted by molar-refractivity contribution is 6.24. The van der Waals surface area contributed by atoms with E-state index in [-0.39, 0.29) is 17.3 Å². The molecule has 0 aromatic rings. The lowest BCUT2D eigenvalue weighted by molar-refractivity contribution is -0.170. The lowest BCUT2D eigenvalue weighted by Crippen LogP contribution is -2.60. The van der Waals surface area contributed by atoms with E-state index in [1.54, 1.807) is 0 Å². The Labute approximate surface area is 156 Å². The maximum absolute atomic E-state index is 12.4. The molecule has 4 aliphatic carbocycles. The largest absolute Gasteiger partial charge is 0.393 e. The van der Waals surface area contributed by atoms with Crippen LogP contribution < -0.4 is 0 Å². The van der Waals surface area contributed by atoms with Gasteiger partial charge in [-0.2, -0.15) is 0 Å². The first-order chi connectivity index (χ1) is 11.6. The van der Waals surface area contributed by atoms with E-state index in [2.05, 4.69) is 13.8 Å². The minimum atomic E-state index is -1.37. The Balaban J connectivity index is 1.67. The zero-order valence-electron chi connectivity index (χ0n) is 15.8. The highest BCUT2D eigenvalue weighted by Crippen LogP contribution is 2.68. The van der Waals surface area contributed by atoms with Crippen molar-refractivity contribution in [2.24, 2.45) is 34.5 Å². The summed E-state index contributed by atoms with van der Waals surface area (Å²) in [5, 5.41) is 21.0. The first-order valence-corrected chi connectivity index (χ1v) is 10.6. The monoisotopic (exact) mass is 368 g/mol. The second kappa shape index (κ2) is 5.69. The van der Waals surface area contributed by atoms with Gasteiger partial charge >= 0.3 is 0 Å². The third-order valence-corrected chi connectivity index (χ3v) is 9.84. The van der Waals surface area contributed by atoms with E-state index in [9.17, 15) is 15.0 Å². The Hall–Kier alpha value is -0.120. The van der Waals surface area contributed by atoms with E-state index in [0.717, 1.165) is 44.9 Å². The van der Waals surface area contributed by atoms with Crippen LogP contribution in [0.1, 0.15) is 72.1 Å². The predicted octanol–water partition coefficient (Wildman–Crippen LogP) is 3.93. The molecule has 0 amide bonds. The highest BCUT2D eigenvalue weighted by Gasteiger charge is 2.69. The molecule has 25 heavy (non-hydrogen) atoms. The number of fused-ring (bicyclic) bond motifs is 5. The molecule has 142 valence electrons. The van der Waals surface area contributed by atoms with Crippen molar-refractivity contribution in [2.75, 3.05) is 0 Å². The number of hydrogen-bond donors (Lipinski definition) is 2. The van der Waals surface area contributed by atoms with Gasteiger partial charge in [0.1, 0.15) is 5.60 Å². The number of halogens is 1. The van der Waals surface area contributed by atoms with Crippen LogP contribution in [0.5, 0.6) is 0 Å². The number of hydrogen-bond acceptors (Lipinski definition) is 3. The van der Waals surface area contributed by atoms with E-state index in [1.165, 1.54) is 13.3 Å². The van der Waals surface area contributed by atoms with Gasteiger partial charge in [0.15, 0.2) is 5.78 Å². The number of carbonyl (C=O) groups is 1. The Morgan fingerprint density at radius 2 is 1.76 bits per heavy atom. The lowest BCUT2D eigenvalue weighted by Gasteiger charge is -2.61. The molecule has 1 unspecified atom stereocenters. The zero-order chi connectivity index (χ0) is 18.2. The van der Waals surface area contributed by atoms with Crippen LogP contribution in [-0.4, -0.2) is 33.1 Å². The average molecular weight is 369 g/mol. The molecule has 0 aliphatic heterocycles. The summed E-state index contributed by atoms with van der Waals surface area (Å²) in [4.78, 5) is 12.4. The van der Waals surface area contributed by atoms with Crippen molar-refractivity contribution in [1.82, 2.24) is 0 Å². The molecule has 0 spiro atoms. The fourth-order valence-corrected chi connectivity index (χ4v) is 8.43. The Kier molecular flexibility index (Phi) is 4.15. The van der Waals surface area contributed by atoms with Gasteiger partial charge in [0.05, 0.1) is 11.5 Å². The van der Waals surface area contributed by atoms with Crippen LogP contribution in [-0.2, 0) is 4.79 Å². The summed E-state index contributed by atoms with van der Waals surface area (Å²) in [7, 11) is 0. The van der Waals surface area contributed by atoms with E-state index in [1.807, 2.05) is 0 Å². The summed E-state index contributed by atoms with van der Waals surface area (Å²) in [6.07, 6.45) is 7.95. The summed E-state index contributed by atoms with van der Waals surface area (Å²) in [5.74, 6) is 2.02. The summed E-state index contributed by atoms with van der Waals surface area (Å²) in [5.41, 5.74) is -1.45. The Morgan fingerprint density at radius 3 is 2.44 bits per heavy atom. The molecule has 4 heteroatoms. The van der Waals surface area contributed by atoms with Gasteiger partial charge < -0.3 is 10.2 Å². The van der Waals surface area contributed by atoms with E-state index < -0.39 is 11.0 Å². The van der Waals surface area contributed by atoms with Gasteiger partial charge in [-0.25, -0.2) is 0 Å². The van der Waals surface area contributed by atoms with Gasteiger partial charge in [-0.15, -0.1) is 11.6 Å². The van der Waals surface area contributed by atoms with Crippen LogP contribution in [0, 0.1) is 34.5 Å². The Morgan fingerprint density at radius 1 is 1.04 bits per heavy atom. The van der Waals surface area contributed by atoms with E-state index in [0.29, 0.717) is 29.1 Å². The quantitative estimate of drug-likeness (QED) is 0.689. The van der Waals surface area contributed by atoms with Crippen LogP contribution >= 0.6 is 11.6 Å². The predicted molar refractivity (Wildman–Crippen MR) is 98.4 cm³/mol. The molecule has 3 nitrogen and oxygen atoms in total. The third kappa shape index (κ3) is 2.21. The summed E-state index contributed by atoms with van der Waals surface area (Å²) in [6.45, 7) is 6.08. The second-order valence-corrected chi connectivity index (χ2v) is 10.6. The first-order valence-electron chi connectivity index (χ1n) is 10.2. The third-order valence-electron chi connectivity index (χ3n) is 9.35. The molecule has 0 bridgehead atoms. The van der Waals surface area contributed by atoms with Gasteiger partial charge in [0.25, 0.3) is 0 Å². The SMILES string of the molecule is CC(=O)[C@@]1(O)C(Cl)C[C@H]2[C@@H]3CC[C@H]4C[C@H](O)CC[C@]4(C)[C@H]3CC[C@@]21C. The zero-order valence-corrected chi connectivity index (χ0v) is 16.6. The number of Topliss-reactive ketones (excluding diaryl/α,β-unsaturated/α-hetero) is 1. The molecule has 2 N–H and O–H groups in total. The summed E-state index contributed by atoms with van der Waals surface area (Å²) in [6, 6.07) is 0. The van der Waals surface area contributed by atoms with Crippen LogP contribution in [0.15, 0.2) is 0 Å². The second-order valence-electron chi connectivity index (χ2n) is 10.1. The molecular formula is C21H33ClO3. The maximum Gasteiger partial charge on any atom is 0.163 e. The number of ketones is 1. The fraction of sp³-hybridized carbons (Fsp3) is 0.952. The molecule has 0 aromatic heterocycles. The molecule has 0 heterocycles. The minimum Gasteiger partial charge on any atom is -0.393 e. The Bertz CT molecular complexity index is 579. The molecule has 9 atom stereocenters. The molecule has 4 rings (SSSR count). The van der Waals surface area contributed by atoms with Crippen molar-refractivity contribution in [3.63, 3.8) is 0 Å². The van der Waals surface area contributed by atoms with E-state index in [4.69, 9.17) is 11.6 Å². The average Bonchev–Trinajstić information content (AvgIpc) is 2.77. The van der Waals surface area contributed by atoms with Crippen molar-refractivity contribution >= 4 is 17.4 Å². The van der Waals surface area contributed by atoms with Gasteiger partial charge in [-0.05, 0) is 87.4 Å². The number of carbonyl (C=O) groups excluding carboxylic acids is 1. The molecular weight excluding hydrogens is 336 g/mol. The summed E-state index contributed by atoms with van der Waals surface area (Å²) < 4.78 is 0.